The molecule has 0 aliphatic rings. The number of nitrogens with one attached hydrogen (secondary N) is 1. The summed E-state index contributed by atoms with van der Waals surface area (Å²) in [6.07, 6.45) is -0.582. The number of halogens is 3. The molecule has 1 unspecified atom stereocenters. The van der Waals surface area contributed by atoms with E-state index in [9.17, 15) is 5.11 Å². The van der Waals surface area contributed by atoms with E-state index in [-0.39, 0.29) is 5.88 Å². The highest BCUT2D eigenvalue weighted by molar-refractivity contribution is 9.10. The van der Waals surface area contributed by atoms with E-state index in [4.69, 9.17) is 27.9 Å². The molecule has 0 aromatic heterocycles. The molecule has 0 spiro atoms. The highest BCUT2D eigenvalue weighted by Crippen LogP contribution is 2.35. The molecule has 0 bridgehead atoms. The van der Waals surface area contributed by atoms with Gasteiger partial charge in [-0.3, -0.25) is 0 Å². The maximum absolute atomic E-state index is 9.29. The van der Waals surface area contributed by atoms with Crippen molar-refractivity contribution in [2.24, 2.45) is 0 Å². The van der Waals surface area contributed by atoms with Crippen LogP contribution in [0.4, 0.5) is 5.69 Å². The van der Waals surface area contributed by atoms with Crippen LogP contribution in [0.3, 0.4) is 0 Å². The van der Waals surface area contributed by atoms with Crippen LogP contribution in [0.5, 0.6) is 5.75 Å². The average Bonchev–Trinajstić information content (AvgIpc) is 2.25. The van der Waals surface area contributed by atoms with Crippen LogP contribution < -0.4 is 10.1 Å². The summed E-state index contributed by atoms with van der Waals surface area (Å²) in [6.45, 7) is 0.374. The first kappa shape index (κ1) is 13.9. The van der Waals surface area contributed by atoms with Crippen LogP contribution in [0.15, 0.2) is 16.6 Å². The third-order valence-electron chi connectivity index (χ3n) is 1.92. The lowest BCUT2D eigenvalue weighted by atomic mass is 10.3. The van der Waals surface area contributed by atoms with Gasteiger partial charge in [0, 0.05) is 12.2 Å². The van der Waals surface area contributed by atoms with E-state index < -0.39 is 6.10 Å². The first-order valence-electron chi connectivity index (χ1n) is 4.59. The number of hydrogen-bond acceptors (Lipinski definition) is 3. The second-order valence-electron chi connectivity index (χ2n) is 3.16. The minimum atomic E-state index is -0.582. The minimum absolute atomic E-state index is 0.193. The first-order chi connectivity index (χ1) is 7.58. The normalized spacial score (nSPS) is 12.3. The van der Waals surface area contributed by atoms with E-state index in [0.29, 0.717) is 17.3 Å². The van der Waals surface area contributed by atoms with E-state index in [2.05, 4.69) is 21.2 Å². The Kier molecular flexibility index (Phi) is 5.69. The third kappa shape index (κ3) is 3.70. The second-order valence-corrected chi connectivity index (χ2v) is 4.73. The number of anilines is 1. The topological polar surface area (TPSA) is 41.5 Å². The SMILES string of the molecule is COc1c(Cl)cc(NCC(O)CCl)cc1Br. The van der Waals surface area contributed by atoms with Crippen molar-refractivity contribution >= 4 is 44.8 Å². The molecular weight excluding hydrogens is 317 g/mol. The van der Waals surface area contributed by atoms with E-state index in [1.54, 1.807) is 13.2 Å². The molecule has 0 aliphatic heterocycles. The number of hydrogen-bond donors (Lipinski definition) is 2. The van der Waals surface area contributed by atoms with Gasteiger partial charge in [-0.05, 0) is 28.1 Å². The molecule has 90 valence electrons. The summed E-state index contributed by atoms with van der Waals surface area (Å²) in [5, 5.41) is 12.8. The summed E-state index contributed by atoms with van der Waals surface area (Å²) in [5.74, 6) is 0.781. The predicted octanol–water partition coefficient (Wildman–Crippen LogP) is 3.12. The molecule has 0 fully saturated rings. The summed E-state index contributed by atoms with van der Waals surface area (Å²) in [7, 11) is 1.55. The van der Waals surface area contributed by atoms with E-state index in [1.807, 2.05) is 6.07 Å². The van der Waals surface area contributed by atoms with Gasteiger partial charge < -0.3 is 15.2 Å². The predicted molar refractivity (Wildman–Crippen MR) is 70.9 cm³/mol. The molecule has 16 heavy (non-hydrogen) atoms. The molecule has 0 heterocycles. The lowest BCUT2D eigenvalue weighted by Crippen LogP contribution is -2.20. The molecule has 0 saturated carbocycles. The van der Waals surface area contributed by atoms with Gasteiger partial charge in [-0.2, -0.15) is 0 Å². The third-order valence-corrected chi connectivity index (χ3v) is 3.15. The fourth-order valence-corrected chi connectivity index (χ4v) is 2.29. The van der Waals surface area contributed by atoms with Gasteiger partial charge in [-0.15, -0.1) is 11.6 Å². The summed E-state index contributed by atoms with van der Waals surface area (Å²) < 4.78 is 5.86. The van der Waals surface area contributed by atoms with Crippen molar-refractivity contribution in [2.45, 2.75) is 6.10 Å². The van der Waals surface area contributed by atoms with Gasteiger partial charge in [-0.1, -0.05) is 11.6 Å². The number of aliphatic hydroxyl groups excluding tert-OH is 1. The van der Waals surface area contributed by atoms with Gasteiger partial charge in [-0.25, -0.2) is 0 Å². The molecule has 1 aromatic rings. The largest absolute Gasteiger partial charge is 0.494 e. The van der Waals surface area contributed by atoms with E-state index in [0.717, 1.165) is 10.2 Å². The Balaban J connectivity index is 2.76. The summed E-state index contributed by atoms with van der Waals surface area (Å²) in [6, 6.07) is 3.55. The Hall–Kier alpha value is -0.160. The van der Waals surface area contributed by atoms with Gasteiger partial charge >= 0.3 is 0 Å². The Labute approximate surface area is 113 Å². The van der Waals surface area contributed by atoms with Crippen LogP contribution in [0.2, 0.25) is 5.02 Å². The number of alkyl halides is 1. The molecule has 1 rings (SSSR count). The van der Waals surface area contributed by atoms with Crippen molar-refractivity contribution in [2.75, 3.05) is 24.9 Å². The maximum Gasteiger partial charge on any atom is 0.151 e. The zero-order chi connectivity index (χ0) is 12.1. The standard InChI is InChI=1S/C10H12BrCl2NO2/c1-16-10-8(11)2-6(3-9(10)13)14-5-7(15)4-12/h2-3,7,14-15H,4-5H2,1H3. The molecule has 1 aromatic carbocycles. The number of aliphatic hydroxyl groups is 1. The Morgan fingerprint density at radius 2 is 2.25 bits per heavy atom. The van der Waals surface area contributed by atoms with Crippen molar-refractivity contribution in [1.82, 2.24) is 0 Å². The van der Waals surface area contributed by atoms with E-state index in [1.165, 1.54) is 0 Å². The van der Waals surface area contributed by atoms with Crippen molar-refractivity contribution < 1.29 is 9.84 Å². The number of methoxy groups -OCH3 is 1. The summed E-state index contributed by atoms with van der Waals surface area (Å²) >= 11 is 14.8. The number of rotatable bonds is 5. The van der Waals surface area contributed by atoms with Gasteiger partial charge in [0.2, 0.25) is 0 Å². The van der Waals surface area contributed by atoms with Crippen LogP contribution in [0.25, 0.3) is 0 Å². The number of ether oxygens (including phenoxy) is 1. The lowest BCUT2D eigenvalue weighted by Gasteiger charge is -2.12. The van der Waals surface area contributed by atoms with Crippen LogP contribution in [-0.2, 0) is 0 Å². The molecule has 1 atom stereocenters. The molecule has 0 radical (unpaired) electrons. The van der Waals surface area contributed by atoms with Crippen molar-refractivity contribution in [3.8, 4) is 5.75 Å². The van der Waals surface area contributed by atoms with Crippen LogP contribution in [0.1, 0.15) is 0 Å². The fraction of sp³-hybridized carbons (Fsp3) is 0.400. The van der Waals surface area contributed by atoms with E-state index >= 15 is 0 Å². The molecule has 6 heteroatoms. The zero-order valence-corrected chi connectivity index (χ0v) is 11.7. The zero-order valence-electron chi connectivity index (χ0n) is 8.64. The molecule has 3 nitrogen and oxygen atoms in total. The Bertz CT molecular complexity index is 340. The maximum atomic E-state index is 9.29. The van der Waals surface area contributed by atoms with Gasteiger partial charge in [0.15, 0.2) is 5.75 Å². The molecule has 0 saturated heterocycles. The van der Waals surface area contributed by atoms with Crippen LogP contribution >= 0.6 is 39.1 Å². The molecule has 0 aliphatic carbocycles. The van der Waals surface area contributed by atoms with Crippen molar-refractivity contribution in [3.05, 3.63) is 21.6 Å². The Morgan fingerprint density at radius 1 is 1.56 bits per heavy atom. The van der Waals surface area contributed by atoms with Crippen LogP contribution in [-0.4, -0.2) is 30.7 Å². The molecule has 2 N–H and O–H groups in total. The Morgan fingerprint density at radius 3 is 2.75 bits per heavy atom. The summed E-state index contributed by atoms with van der Waals surface area (Å²) in [5.41, 5.74) is 0.793. The first-order valence-corrected chi connectivity index (χ1v) is 6.30. The lowest BCUT2D eigenvalue weighted by molar-refractivity contribution is 0.211. The van der Waals surface area contributed by atoms with Gasteiger partial charge in [0.05, 0.1) is 28.6 Å². The van der Waals surface area contributed by atoms with Crippen LogP contribution in [0, 0.1) is 0 Å². The average molecular weight is 329 g/mol. The van der Waals surface area contributed by atoms with Crippen molar-refractivity contribution in [1.29, 1.82) is 0 Å². The quantitative estimate of drug-likeness (QED) is 0.816. The van der Waals surface area contributed by atoms with Crippen molar-refractivity contribution in [3.63, 3.8) is 0 Å². The van der Waals surface area contributed by atoms with Gasteiger partial charge in [0.1, 0.15) is 0 Å². The summed E-state index contributed by atoms with van der Waals surface area (Å²) in [4.78, 5) is 0. The fourth-order valence-electron chi connectivity index (χ4n) is 1.15. The molecule has 0 amide bonds. The number of benzene rings is 1. The smallest absolute Gasteiger partial charge is 0.151 e. The monoisotopic (exact) mass is 327 g/mol. The molecular formula is C10H12BrCl2NO2. The minimum Gasteiger partial charge on any atom is -0.494 e. The highest BCUT2D eigenvalue weighted by atomic mass is 79.9. The highest BCUT2D eigenvalue weighted by Gasteiger charge is 2.09. The van der Waals surface area contributed by atoms with Gasteiger partial charge in [0.25, 0.3) is 0 Å². The second kappa shape index (κ2) is 6.55.